The van der Waals surface area contributed by atoms with Crippen molar-refractivity contribution in [3.8, 4) is 5.95 Å². The summed E-state index contributed by atoms with van der Waals surface area (Å²) < 4.78 is 34.4. The van der Waals surface area contributed by atoms with Crippen LogP contribution in [0.2, 0.25) is 0 Å². The molecule has 1 aliphatic rings. The number of amides is 1. The van der Waals surface area contributed by atoms with Crippen LogP contribution in [0, 0.1) is 34.6 Å². The summed E-state index contributed by atoms with van der Waals surface area (Å²) in [5, 5.41) is 7.44. The summed E-state index contributed by atoms with van der Waals surface area (Å²) in [4.78, 5) is 22.1. The fraction of sp³-hybridized carbons (Fsp3) is 0.417. The smallest absolute Gasteiger partial charge is 0.251 e. The highest BCUT2D eigenvalue weighted by Gasteiger charge is 2.27. The molecule has 0 saturated carbocycles. The molecule has 3 heterocycles. The highest BCUT2D eigenvalue weighted by Crippen LogP contribution is 2.24. The third-order valence-electron chi connectivity index (χ3n) is 6.03. The van der Waals surface area contributed by atoms with Gasteiger partial charge in [0.1, 0.15) is 0 Å². The van der Waals surface area contributed by atoms with Crippen LogP contribution in [0.3, 0.4) is 0 Å². The quantitative estimate of drug-likeness (QED) is 0.554. The van der Waals surface area contributed by atoms with Crippen LogP contribution in [0.15, 0.2) is 29.2 Å². The first-order chi connectivity index (χ1) is 16.6. The van der Waals surface area contributed by atoms with Crippen molar-refractivity contribution in [3.05, 3.63) is 58.2 Å². The average Bonchev–Trinajstić information content (AvgIpc) is 3.08. The molecule has 2 aromatic heterocycles. The summed E-state index contributed by atoms with van der Waals surface area (Å²) in [6, 6.07) is 6.68. The number of hydrogen-bond donors (Lipinski definition) is 1. The van der Waals surface area contributed by atoms with Gasteiger partial charge in [-0.2, -0.15) is 9.40 Å². The van der Waals surface area contributed by atoms with E-state index in [9.17, 15) is 13.2 Å². The molecule has 1 amide bonds. The van der Waals surface area contributed by atoms with Gasteiger partial charge in [-0.25, -0.2) is 23.1 Å². The van der Waals surface area contributed by atoms with Crippen LogP contribution < -0.4 is 5.32 Å². The van der Waals surface area contributed by atoms with E-state index in [1.54, 1.807) is 16.8 Å². The number of aryl methyl sites for hydroxylation is 4. The van der Waals surface area contributed by atoms with E-state index in [2.05, 4.69) is 20.4 Å². The summed E-state index contributed by atoms with van der Waals surface area (Å²) in [5.74, 6) is 0.202. The van der Waals surface area contributed by atoms with Crippen LogP contribution >= 0.6 is 0 Å². The van der Waals surface area contributed by atoms with E-state index < -0.39 is 10.0 Å². The lowest BCUT2D eigenvalue weighted by atomic mass is 10.1. The van der Waals surface area contributed by atoms with Crippen LogP contribution in [0.5, 0.6) is 0 Å². The minimum Gasteiger partial charge on any atom is -0.379 e. The molecule has 0 atom stereocenters. The third-order valence-corrected chi connectivity index (χ3v) is 7.92. The fourth-order valence-electron chi connectivity index (χ4n) is 4.11. The number of benzene rings is 1. The highest BCUT2D eigenvalue weighted by atomic mass is 32.2. The van der Waals surface area contributed by atoms with E-state index >= 15 is 0 Å². The third kappa shape index (κ3) is 5.26. The van der Waals surface area contributed by atoms with E-state index in [0.717, 1.165) is 28.2 Å². The van der Waals surface area contributed by atoms with Gasteiger partial charge in [-0.15, -0.1) is 0 Å². The van der Waals surface area contributed by atoms with Crippen molar-refractivity contribution in [3.63, 3.8) is 0 Å². The molecule has 11 heteroatoms. The Kier molecular flexibility index (Phi) is 7.02. The van der Waals surface area contributed by atoms with Gasteiger partial charge in [0.15, 0.2) is 0 Å². The minimum atomic E-state index is -3.67. The first kappa shape index (κ1) is 25.0. The molecule has 1 N–H and O–H groups in total. The van der Waals surface area contributed by atoms with Crippen molar-refractivity contribution >= 4 is 21.6 Å². The Labute approximate surface area is 205 Å². The Bertz CT molecular complexity index is 1360. The highest BCUT2D eigenvalue weighted by molar-refractivity contribution is 7.89. The Morgan fingerprint density at radius 3 is 2.34 bits per heavy atom. The molecule has 35 heavy (non-hydrogen) atoms. The summed E-state index contributed by atoms with van der Waals surface area (Å²) in [7, 11) is -3.67. The summed E-state index contributed by atoms with van der Waals surface area (Å²) in [5.41, 5.74) is 5.17. The molecule has 1 fully saturated rings. The molecule has 0 radical (unpaired) electrons. The van der Waals surface area contributed by atoms with Gasteiger partial charge in [-0.05, 0) is 58.4 Å². The molecule has 1 aromatic carbocycles. The predicted molar refractivity (Wildman–Crippen MR) is 131 cm³/mol. The molecule has 186 valence electrons. The van der Waals surface area contributed by atoms with Crippen molar-refractivity contribution in [2.24, 2.45) is 0 Å². The maximum absolute atomic E-state index is 13.0. The normalized spacial score (nSPS) is 14.8. The van der Waals surface area contributed by atoms with E-state index in [-0.39, 0.29) is 17.2 Å². The van der Waals surface area contributed by atoms with E-state index in [4.69, 9.17) is 4.74 Å². The van der Waals surface area contributed by atoms with Gasteiger partial charge < -0.3 is 10.1 Å². The molecular weight excluding hydrogens is 468 g/mol. The van der Waals surface area contributed by atoms with Gasteiger partial charge >= 0.3 is 0 Å². The Hall–Kier alpha value is -3.15. The Balaban J connectivity index is 1.55. The zero-order valence-corrected chi connectivity index (χ0v) is 21.4. The number of sulfonamides is 1. The lowest BCUT2D eigenvalue weighted by Crippen LogP contribution is -2.40. The summed E-state index contributed by atoms with van der Waals surface area (Å²) >= 11 is 0. The zero-order valence-electron chi connectivity index (χ0n) is 20.6. The first-order valence-corrected chi connectivity index (χ1v) is 12.9. The SMILES string of the molecule is Cc1cc(C)nc(-n2nc(C)c(CC(=O)Nc3cc(S(=O)(=O)N4CCOCC4)ccc3C)c2C)n1. The monoisotopic (exact) mass is 498 g/mol. The second kappa shape index (κ2) is 9.84. The van der Waals surface area contributed by atoms with E-state index in [1.807, 2.05) is 40.7 Å². The van der Waals surface area contributed by atoms with Crippen molar-refractivity contribution in [1.82, 2.24) is 24.1 Å². The van der Waals surface area contributed by atoms with E-state index in [0.29, 0.717) is 43.6 Å². The summed E-state index contributed by atoms with van der Waals surface area (Å²) in [6.07, 6.45) is 0.0857. The standard InChI is InChI=1S/C24H30N6O4S/c1-15-6-7-20(35(32,33)29-8-10-34-11-9-29)13-22(15)27-23(31)14-21-18(4)28-30(19(21)5)24-25-16(2)12-17(3)26-24/h6-7,12-13H,8-11,14H2,1-5H3,(H,27,31). The molecule has 0 aliphatic carbocycles. The molecular formula is C24H30N6O4S. The average molecular weight is 499 g/mol. The zero-order chi connectivity index (χ0) is 25.3. The van der Waals surface area contributed by atoms with Crippen LogP contribution in [0.25, 0.3) is 5.95 Å². The second-order valence-electron chi connectivity index (χ2n) is 8.73. The van der Waals surface area contributed by atoms with Gasteiger partial charge in [0.25, 0.3) is 5.95 Å². The topological polar surface area (TPSA) is 119 Å². The molecule has 1 saturated heterocycles. The number of rotatable bonds is 6. The largest absolute Gasteiger partial charge is 0.379 e. The second-order valence-corrected chi connectivity index (χ2v) is 10.7. The van der Waals surface area contributed by atoms with Gasteiger partial charge in [-0.3, -0.25) is 4.79 Å². The van der Waals surface area contributed by atoms with Crippen LogP contribution in [-0.4, -0.2) is 64.7 Å². The molecule has 4 rings (SSSR count). The number of carbonyl (C=O) groups excluding carboxylic acids is 1. The Morgan fingerprint density at radius 2 is 1.69 bits per heavy atom. The molecule has 0 unspecified atom stereocenters. The molecule has 1 aliphatic heterocycles. The van der Waals surface area contributed by atoms with Crippen LogP contribution in [0.1, 0.15) is 33.9 Å². The van der Waals surface area contributed by atoms with Crippen molar-refractivity contribution < 1.29 is 17.9 Å². The molecule has 0 bridgehead atoms. The number of nitrogens with zero attached hydrogens (tertiary/aromatic N) is 5. The number of hydrogen-bond acceptors (Lipinski definition) is 7. The molecule has 3 aromatic rings. The van der Waals surface area contributed by atoms with Gasteiger partial charge in [0.05, 0.1) is 30.2 Å². The number of carbonyl (C=O) groups is 1. The number of anilines is 1. The predicted octanol–water partition coefficient (Wildman–Crippen LogP) is 2.41. The van der Waals surface area contributed by atoms with Gasteiger partial charge in [0, 0.05) is 41.4 Å². The molecule has 0 spiro atoms. The first-order valence-electron chi connectivity index (χ1n) is 11.4. The van der Waals surface area contributed by atoms with Crippen molar-refractivity contribution in [2.75, 3.05) is 31.6 Å². The lowest BCUT2D eigenvalue weighted by Gasteiger charge is -2.26. The number of aromatic nitrogens is 4. The van der Waals surface area contributed by atoms with Crippen molar-refractivity contribution in [1.29, 1.82) is 0 Å². The van der Waals surface area contributed by atoms with Gasteiger partial charge in [-0.1, -0.05) is 6.07 Å². The number of nitrogens with one attached hydrogen (secondary N) is 1. The lowest BCUT2D eigenvalue weighted by molar-refractivity contribution is -0.115. The maximum atomic E-state index is 13.0. The van der Waals surface area contributed by atoms with Crippen LogP contribution in [-0.2, 0) is 26.0 Å². The van der Waals surface area contributed by atoms with Crippen LogP contribution in [0.4, 0.5) is 5.69 Å². The minimum absolute atomic E-state index is 0.0857. The van der Waals surface area contributed by atoms with Gasteiger partial charge in [0.2, 0.25) is 15.9 Å². The fourth-order valence-corrected chi connectivity index (χ4v) is 5.55. The molecule has 10 nitrogen and oxygen atoms in total. The number of ether oxygens (including phenoxy) is 1. The van der Waals surface area contributed by atoms with E-state index in [1.165, 1.54) is 10.4 Å². The summed E-state index contributed by atoms with van der Waals surface area (Å²) in [6.45, 7) is 10.7. The number of morpholine rings is 1. The Morgan fingerprint density at radius 1 is 1.03 bits per heavy atom. The maximum Gasteiger partial charge on any atom is 0.251 e. The van der Waals surface area contributed by atoms with Crippen molar-refractivity contribution in [2.45, 2.75) is 45.9 Å².